The lowest BCUT2D eigenvalue weighted by molar-refractivity contribution is -0.122. The minimum absolute atomic E-state index is 0.177. The number of carbonyl (C=O) groups excluding carboxylic acids is 1. The number of methoxy groups -OCH3 is 1. The maximum atomic E-state index is 13.1. The van der Waals surface area contributed by atoms with Crippen molar-refractivity contribution in [2.24, 2.45) is 5.92 Å². The molecule has 1 aliphatic rings. The third-order valence-corrected chi connectivity index (χ3v) is 5.44. The highest BCUT2D eigenvalue weighted by Crippen LogP contribution is 2.33. The zero-order chi connectivity index (χ0) is 20.3. The molecule has 0 aromatic carbocycles. The van der Waals surface area contributed by atoms with Crippen LogP contribution in [-0.4, -0.2) is 51.3 Å². The number of hydrogen-bond donors (Lipinski definition) is 1. The van der Waals surface area contributed by atoms with Crippen molar-refractivity contribution in [2.45, 2.75) is 13.8 Å². The Bertz CT molecular complexity index is 1000. The number of hydrogen-bond acceptors (Lipinski definition) is 7. The summed E-state index contributed by atoms with van der Waals surface area (Å²) in [6, 6.07) is 5.34. The number of thiocarbonyl (C=S) groups is 1. The van der Waals surface area contributed by atoms with Crippen LogP contribution in [0.25, 0.3) is 11.7 Å². The van der Waals surface area contributed by atoms with Gasteiger partial charge in [-0.25, -0.2) is 4.98 Å². The van der Waals surface area contributed by atoms with E-state index in [2.05, 4.69) is 10.3 Å². The van der Waals surface area contributed by atoms with Gasteiger partial charge in [0.1, 0.15) is 15.8 Å². The van der Waals surface area contributed by atoms with Crippen LogP contribution in [0.3, 0.4) is 0 Å². The van der Waals surface area contributed by atoms with Crippen molar-refractivity contribution < 1.29 is 9.53 Å². The number of pyridine rings is 1. The summed E-state index contributed by atoms with van der Waals surface area (Å²) >= 11 is 6.56. The van der Waals surface area contributed by atoms with Gasteiger partial charge in [0.15, 0.2) is 0 Å². The lowest BCUT2D eigenvalue weighted by Gasteiger charge is -2.16. The molecule has 3 rings (SSSR count). The molecule has 0 unspecified atom stereocenters. The Balaban J connectivity index is 2.06. The predicted octanol–water partition coefficient (Wildman–Crippen LogP) is 2.61. The van der Waals surface area contributed by atoms with E-state index < -0.39 is 0 Å². The first-order valence-corrected chi connectivity index (χ1v) is 10.1. The highest BCUT2D eigenvalue weighted by Gasteiger charge is 2.32. The number of aromatic nitrogens is 2. The molecule has 7 nitrogen and oxygen atoms in total. The maximum absolute atomic E-state index is 13.1. The van der Waals surface area contributed by atoms with Gasteiger partial charge in [-0.3, -0.25) is 18.9 Å². The molecule has 9 heteroatoms. The Morgan fingerprint density at radius 2 is 2.14 bits per heavy atom. The number of nitrogens with one attached hydrogen (secondary N) is 1. The Kier molecular flexibility index (Phi) is 6.48. The van der Waals surface area contributed by atoms with Gasteiger partial charge < -0.3 is 10.1 Å². The monoisotopic (exact) mass is 418 g/mol. The van der Waals surface area contributed by atoms with Gasteiger partial charge in [-0.1, -0.05) is 43.9 Å². The first kappa shape index (κ1) is 20.5. The third-order valence-electron chi connectivity index (χ3n) is 4.06. The molecule has 0 saturated carbocycles. The molecule has 0 bridgehead atoms. The van der Waals surface area contributed by atoms with Crippen LogP contribution < -0.4 is 10.9 Å². The molecule has 2 aromatic heterocycles. The Hall–Kier alpha value is -2.23. The van der Waals surface area contributed by atoms with E-state index >= 15 is 0 Å². The molecule has 2 aromatic rings. The Morgan fingerprint density at radius 1 is 1.36 bits per heavy atom. The molecule has 28 heavy (non-hydrogen) atoms. The smallest absolute Gasteiger partial charge is 0.267 e. The summed E-state index contributed by atoms with van der Waals surface area (Å²) in [5.74, 6) is 0.535. The van der Waals surface area contributed by atoms with Crippen LogP contribution in [0.2, 0.25) is 0 Å². The van der Waals surface area contributed by atoms with Crippen molar-refractivity contribution in [3.63, 3.8) is 0 Å². The van der Waals surface area contributed by atoms with E-state index in [-0.39, 0.29) is 11.5 Å². The largest absolute Gasteiger partial charge is 0.383 e. The Morgan fingerprint density at radius 3 is 2.86 bits per heavy atom. The summed E-state index contributed by atoms with van der Waals surface area (Å²) in [5.41, 5.74) is 0.599. The summed E-state index contributed by atoms with van der Waals surface area (Å²) in [5, 5.41) is 3.13. The molecule has 1 fully saturated rings. The highest BCUT2D eigenvalue weighted by molar-refractivity contribution is 8.26. The van der Waals surface area contributed by atoms with E-state index in [9.17, 15) is 9.59 Å². The average Bonchev–Trinajstić information content (AvgIpc) is 2.92. The van der Waals surface area contributed by atoms with Crippen molar-refractivity contribution in [1.29, 1.82) is 0 Å². The summed E-state index contributed by atoms with van der Waals surface area (Å²) in [4.78, 5) is 32.4. The minimum Gasteiger partial charge on any atom is -0.383 e. The predicted molar refractivity (Wildman–Crippen MR) is 117 cm³/mol. The summed E-state index contributed by atoms with van der Waals surface area (Å²) < 4.78 is 7.03. The first-order chi connectivity index (χ1) is 13.4. The molecule has 0 aliphatic carbocycles. The van der Waals surface area contributed by atoms with Gasteiger partial charge in [-0.15, -0.1) is 0 Å². The number of fused-ring (bicyclic) bond motifs is 1. The molecule has 1 aliphatic heterocycles. The molecule has 3 heterocycles. The van der Waals surface area contributed by atoms with Gasteiger partial charge in [-0.05, 0) is 24.1 Å². The molecule has 0 atom stereocenters. The minimum atomic E-state index is -0.250. The lowest BCUT2D eigenvalue weighted by Crippen LogP contribution is -2.31. The number of amides is 1. The van der Waals surface area contributed by atoms with Crippen LogP contribution in [-0.2, 0) is 9.53 Å². The quantitative estimate of drug-likeness (QED) is 0.421. The van der Waals surface area contributed by atoms with Crippen molar-refractivity contribution >= 4 is 51.7 Å². The maximum Gasteiger partial charge on any atom is 0.267 e. The first-order valence-electron chi connectivity index (χ1n) is 8.92. The fourth-order valence-electron chi connectivity index (χ4n) is 2.79. The zero-order valence-corrected chi connectivity index (χ0v) is 17.6. The van der Waals surface area contributed by atoms with Crippen molar-refractivity contribution in [2.75, 3.05) is 32.1 Å². The van der Waals surface area contributed by atoms with E-state index in [1.54, 1.807) is 36.4 Å². The Labute approximate surface area is 172 Å². The number of nitrogens with zero attached hydrogens (tertiary/aromatic N) is 3. The summed E-state index contributed by atoms with van der Waals surface area (Å²) in [6.07, 6.45) is 3.24. The van der Waals surface area contributed by atoms with Crippen LogP contribution in [0.4, 0.5) is 5.82 Å². The van der Waals surface area contributed by atoms with Gasteiger partial charge in [0.2, 0.25) is 0 Å². The number of thioether (sulfide) groups is 1. The van der Waals surface area contributed by atoms with Crippen LogP contribution in [0.5, 0.6) is 0 Å². The standard InChI is InChI=1S/C19H22N4O3S2/c1-12(2)11-23-18(25)14(28-19(23)27)10-13-16(20-7-9-26-3)21-15-6-4-5-8-22(15)17(13)24/h4-6,8,10,12,20H,7,9,11H2,1-3H3/b14-10-. The van der Waals surface area contributed by atoms with Gasteiger partial charge >= 0.3 is 0 Å². The van der Waals surface area contributed by atoms with E-state index in [4.69, 9.17) is 17.0 Å². The summed E-state index contributed by atoms with van der Waals surface area (Å²) in [6.45, 7) is 5.56. The van der Waals surface area contributed by atoms with Crippen molar-refractivity contribution in [1.82, 2.24) is 14.3 Å². The van der Waals surface area contributed by atoms with Crippen molar-refractivity contribution in [3.8, 4) is 0 Å². The van der Waals surface area contributed by atoms with Gasteiger partial charge in [0.25, 0.3) is 11.5 Å². The normalized spacial score (nSPS) is 16.0. The number of anilines is 1. The van der Waals surface area contributed by atoms with E-state index in [1.807, 2.05) is 19.9 Å². The lowest BCUT2D eigenvalue weighted by atomic mass is 10.2. The molecule has 1 amide bonds. The molecule has 0 radical (unpaired) electrons. The number of rotatable bonds is 7. The molecule has 1 N–H and O–H groups in total. The number of ether oxygens (including phenoxy) is 1. The SMILES string of the molecule is COCCNc1nc2ccccn2c(=O)c1/C=C1\SC(=S)N(CC(C)C)C1=O. The van der Waals surface area contributed by atoms with Crippen LogP contribution in [0.15, 0.2) is 34.1 Å². The second kappa shape index (κ2) is 8.85. The third kappa shape index (κ3) is 4.26. The van der Waals surface area contributed by atoms with Gasteiger partial charge in [0.05, 0.1) is 17.1 Å². The van der Waals surface area contributed by atoms with E-state index in [0.29, 0.717) is 51.9 Å². The molecule has 148 valence electrons. The van der Waals surface area contributed by atoms with Crippen LogP contribution in [0, 0.1) is 5.92 Å². The van der Waals surface area contributed by atoms with E-state index in [0.717, 1.165) is 0 Å². The molecule has 1 saturated heterocycles. The average molecular weight is 419 g/mol. The van der Waals surface area contributed by atoms with Crippen LogP contribution >= 0.6 is 24.0 Å². The van der Waals surface area contributed by atoms with E-state index in [1.165, 1.54) is 16.2 Å². The van der Waals surface area contributed by atoms with Crippen molar-refractivity contribution in [3.05, 3.63) is 45.2 Å². The van der Waals surface area contributed by atoms with Gasteiger partial charge in [0, 0.05) is 26.4 Å². The molecular formula is C19H22N4O3S2. The topological polar surface area (TPSA) is 75.9 Å². The van der Waals surface area contributed by atoms with Crippen LogP contribution in [0.1, 0.15) is 19.4 Å². The second-order valence-electron chi connectivity index (χ2n) is 6.71. The highest BCUT2D eigenvalue weighted by atomic mass is 32.2. The molecular weight excluding hydrogens is 396 g/mol. The zero-order valence-electron chi connectivity index (χ0n) is 16.0. The summed E-state index contributed by atoms with van der Waals surface area (Å²) in [7, 11) is 1.60. The fraction of sp³-hybridized carbons (Fsp3) is 0.368. The van der Waals surface area contributed by atoms with Gasteiger partial charge in [-0.2, -0.15) is 0 Å². The fourth-order valence-corrected chi connectivity index (χ4v) is 4.05. The second-order valence-corrected chi connectivity index (χ2v) is 8.39. The molecule has 0 spiro atoms. The number of carbonyl (C=O) groups is 1.